The van der Waals surface area contributed by atoms with Crippen molar-refractivity contribution in [3.8, 4) is 0 Å². The fraction of sp³-hybridized carbons (Fsp3) is 0.310. The molecular weight excluding hydrogens is 522 g/mol. The molecule has 38 heavy (non-hydrogen) atoms. The van der Waals surface area contributed by atoms with Gasteiger partial charge in [0.25, 0.3) is 10.0 Å². The second kappa shape index (κ2) is 12.9. The molecule has 0 spiro atoms. The molecule has 0 aliphatic carbocycles. The van der Waals surface area contributed by atoms with Crippen LogP contribution in [0.4, 0.5) is 5.69 Å². The van der Waals surface area contributed by atoms with Crippen LogP contribution in [-0.4, -0.2) is 44.3 Å². The minimum atomic E-state index is -4.09. The van der Waals surface area contributed by atoms with E-state index in [-0.39, 0.29) is 17.3 Å². The number of sulfonamides is 1. The standard InChI is InChI=1S/C29H34ClN3O4S/c1-5-17-31-29(35)23(4)32(19-24-13-15-25(30)16-14-24)28(34)20-33(27-18-21(2)11-12-22(27)3)38(36,37)26-9-7-6-8-10-26/h6-16,18,23H,5,17,19-20H2,1-4H3,(H,31,35)/t23-/m0/s1. The lowest BCUT2D eigenvalue weighted by molar-refractivity contribution is -0.139. The highest BCUT2D eigenvalue weighted by Gasteiger charge is 2.33. The molecule has 0 unspecified atom stereocenters. The Bertz CT molecular complexity index is 1360. The molecule has 0 saturated heterocycles. The largest absolute Gasteiger partial charge is 0.354 e. The molecule has 202 valence electrons. The highest BCUT2D eigenvalue weighted by Crippen LogP contribution is 2.28. The third-order valence-electron chi connectivity index (χ3n) is 6.23. The van der Waals surface area contributed by atoms with Gasteiger partial charge in [-0.15, -0.1) is 0 Å². The number of carbonyl (C=O) groups is 2. The summed E-state index contributed by atoms with van der Waals surface area (Å²) in [5, 5.41) is 3.39. The molecule has 0 fully saturated rings. The van der Waals surface area contributed by atoms with E-state index in [1.54, 1.807) is 62.4 Å². The number of anilines is 1. The number of hydrogen-bond donors (Lipinski definition) is 1. The highest BCUT2D eigenvalue weighted by atomic mass is 35.5. The first-order valence-corrected chi connectivity index (χ1v) is 14.3. The summed E-state index contributed by atoms with van der Waals surface area (Å²) in [5.74, 6) is -0.808. The number of benzene rings is 3. The summed E-state index contributed by atoms with van der Waals surface area (Å²) in [7, 11) is -4.09. The lowest BCUT2D eigenvalue weighted by Gasteiger charge is -2.32. The number of nitrogens with one attached hydrogen (secondary N) is 1. The van der Waals surface area contributed by atoms with Crippen molar-refractivity contribution in [2.45, 2.75) is 51.6 Å². The van der Waals surface area contributed by atoms with E-state index in [4.69, 9.17) is 11.6 Å². The maximum absolute atomic E-state index is 13.9. The first kappa shape index (κ1) is 29.2. The van der Waals surface area contributed by atoms with Gasteiger partial charge in [-0.3, -0.25) is 13.9 Å². The fourth-order valence-electron chi connectivity index (χ4n) is 3.99. The molecule has 0 bridgehead atoms. The maximum atomic E-state index is 13.9. The molecule has 7 nitrogen and oxygen atoms in total. The van der Waals surface area contributed by atoms with E-state index >= 15 is 0 Å². The van der Waals surface area contributed by atoms with Gasteiger partial charge in [-0.2, -0.15) is 0 Å². The van der Waals surface area contributed by atoms with Crippen molar-refractivity contribution in [3.63, 3.8) is 0 Å². The molecule has 0 aliphatic rings. The normalized spacial score (nSPS) is 12.0. The molecule has 0 saturated carbocycles. The van der Waals surface area contributed by atoms with Crippen LogP contribution >= 0.6 is 11.6 Å². The SMILES string of the molecule is CCCNC(=O)[C@H](C)N(Cc1ccc(Cl)cc1)C(=O)CN(c1cc(C)ccc1C)S(=O)(=O)c1ccccc1. The summed E-state index contributed by atoms with van der Waals surface area (Å²) in [5.41, 5.74) is 2.75. The van der Waals surface area contributed by atoms with E-state index < -0.39 is 28.5 Å². The number of amides is 2. The second-order valence-corrected chi connectivity index (χ2v) is 11.5. The third kappa shape index (κ3) is 7.14. The van der Waals surface area contributed by atoms with Gasteiger partial charge in [0.1, 0.15) is 12.6 Å². The third-order valence-corrected chi connectivity index (χ3v) is 8.25. The van der Waals surface area contributed by atoms with Gasteiger partial charge in [-0.05, 0) is 74.2 Å². The van der Waals surface area contributed by atoms with Crippen molar-refractivity contribution < 1.29 is 18.0 Å². The Morgan fingerprint density at radius 1 is 0.974 bits per heavy atom. The first-order chi connectivity index (χ1) is 18.0. The van der Waals surface area contributed by atoms with Crippen molar-refractivity contribution in [1.29, 1.82) is 0 Å². The minimum absolute atomic E-state index is 0.0756. The fourth-order valence-corrected chi connectivity index (χ4v) is 5.60. The molecule has 0 heterocycles. The van der Waals surface area contributed by atoms with E-state index in [0.717, 1.165) is 21.9 Å². The Kier molecular flexibility index (Phi) is 9.94. The lowest BCUT2D eigenvalue weighted by atomic mass is 10.1. The molecule has 0 radical (unpaired) electrons. The number of hydrogen-bond acceptors (Lipinski definition) is 4. The van der Waals surface area contributed by atoms with E-state index in [9.17, 15) is 18.0 Å². The Balaban J connectivity index is 2.04. The molecule has 3 aromatic rings. The average Bonchev–Trinajstić information content (AvgIpc) is 2.91. The van der Waals surface area contributed by atoms with Crippen molar-refractivity contribution in [2.75, 3.05) is 17.4 Å². The highest BCUT2D eigenvalue weighted by molar-refractivity contribution is 7.92. The van der Waals surface area contributed by atoms with Gasteiger partial charge in [0.15, 0.2) is 0 Å². The number of carbonyl (C=O) groups excluding carboxylic acids is 2. The molecule has 3 aromatic carbocycles. The van der Waals surface area contributed by atoms with Gasteiger partial charge in [0.05, 0.1) is 10.6 Å². The topological polar surface area (TPSA) is 86.8 Å². The summed E-state index contributed by atoms with van der Waals surface area (Å²) < 4.78 is 28.9. The van der Waals surface area contributed by atoms with Gasteiger partial charge >= 0.3 is 0 Å². The van der Waals surface area contributed by atoms with Crippen LogP contribution in [0.1, 0.15) is 37.0 Å². The Morgan fingerprint density at radius 3 is 2.26 bits per heavy atom. The molecule has 0 aliphatic heterocycles. The summed E-state index contributed by atoms with van der Waals surface area (Å²) in [6.45, 7) is 7.38. The monoisotopic (exact) mass is 555 g/mol. The molecular formula is C29H34ClN3O4S. The van der Waals surface area contributed by atoms with Crippen LogP contribution in [0.15, 0.2) is 77.7 Å². The van der Waals surface area contributed by atoms with Crippen LogP contribution in [-0.2, 0) is 26.2 Å². The lowest BCUT2D eigenvalue weighted by Crippen LogP contribution is -2.51. The predicted octanol–water partition coefficient (Wildman–Crippen LogP) is 5.10. The molecule has 1 N–H and O–H groups in total. The van der Waals surface area contributed by atoms with Gasteiger partial charge in [0, 0.05) is 18.1 Å². The van der Waals surface area contributed by atoms with Gasteiger partial charge in [-0.1, -0.05) is 61.0 Å². The van der Waals surface area contributed by atoms with E-state index in [2.05, 4.69) is 5.32 Å². The number of nitrogens with zero attached hydrogens (tertiary/aromatic N) is 2. The summed E-state index contributed by atoms with van der Waals surface area (Å²) >= 11 is 6.04. The summed E-state index contributed by atoms with van der Waals surface area (Å²) in [6.07, 6.45) is 0.749. The molecule has 9 heteroatoms. The number of aryl methyl sites for hydroxylation is 2. The van der Waals surface area contributed by atoms with Crippen LogP contribution in [0.5, 0.6) is 0 Å². The van der Waals surface area contributed by atoms with E-state index in [1.807, 2.05) is 26.0 Å². The summed E-state index contributed by atoms with van der Waals surface area (Å²) in [6, 6.07) is 19.7. The van der Waals surface area contributed by atoms with Crippen LogP contribution in [0, 0.1) is 13.8 Å². The van der Waals surface area contributed by atoms with Crippen LogP contribution < -0.4 is 9.62 Å². The first-order valence-electron chi connectivity index (χ1n) is 12.5. The predicted molar refractivity (Wildman–Crippen MR) is 152 cm³/mol. The Labute approximate surface area is 230 Å². The zero-order valence-corrected chi connectivity index (χ0v) is 23.7. The van der Waals surface area contributed by atoms with Crippen molar-refractivity contribution in [1.82, 2.24) is 10.2 Å². The number of rotatable bonds is 11. The maximum Gasteiger partial charge on any atom is 0.264 e. The molecule has 3 rings (SSSR count). The van der Waals surface area contributed by atoms with Gasteiger partial charge < -0.3 is 10.2 Å². The van der Waals surface area contributed by atoms with Crippen molar-refractivity contribution in [3.05, 3.63) is 94.5 Å². The molecule has 2 amide bonds. The zero-order chi connectivity index (χ0) is 27.9. The summed E-state index contributed by atoms with van der Waals surface area (Å²) in [4.78, 5) is 28.3. The van der Waals surface area contributed by atoms with Crippen LogP contribution in [0.3, 0.4) is 0 Å². The average molecular weight is 556 g/mol. The van der Waals surface area contributed by atoms with E-state index in [1.165, 1.54) is 17.0 Å². The van der Waals surface area contributed by atoms with Crippen molar-refractivity contribution >= 4 is 39.1 Å². The van der Waals surface area contributed by atoms with Crippen LogP contribution in [0.25, 0.3) is 0 Å². The minimum Gasteiger partial charge on any atom is -0.354 e. The smallest absolute Gasteiger partial charge is 0.264 e. The number of halogens is 1. The molecule has 0 aromatic heterocycles. The van der Waals surface area contributed by atoms with Gasteiger partial charge in [0.2, 0.25) is 11.8 Å². The van der Waals surface area contributed by atoms with Crippen LogP contribution in [0.2, 0.25) is 5.02 Å². The van der Waals surface area contributed by atoms with Crippen molar-refractivity contribution in [2.24, 2.45) is 0 Å². The Hall–Kier alpha value is -3.36. The zero-order valence-electron chi connectivity index (χ0n) is 22.1. The van der Waals surface area contributed by atoms with Gasteiger partial charge in [-0.25, -0.2) is 8.42 Å². The Morgan fingerprint density at radius 2 is 1.63 bits per heavy atom. The quantitative estimate of drug-likeness (QED) is 0.357. The van der Waals surface area contributed by atoms with E-state index in [0.29, 0.717) is 22.8 Å². The second-order valence-electron chi connectivity index (χ2n) is 9.23. The molecule has 1 atom stereocenters.